The van der Waals surface area contributed by atoms with Gasteiger partial charge in [-0.3, -0.25) is 4.79 Å². The van der Waals surface area contributed by atoms with Crippen LogP contribution in [0.15, 0.2) is 48.5 Å². The second-order valence-corrected chi connectivity index (χ2v) is 4.03. The molecule has 0 N–H and O–H groups in total. The monoisotopic (exact) mass is 240 g/mol. The van der Waals surface area contributed by atoms with Gasteiger partial charge in [-0.05, 0) is 24.1 Å². The van der Waals surface area contributed by atoms with Crippen LogP contribution in [0.3, 0.4) is 0 Å². The van der Waals surface area contributed by atoms with Gasteiger partial charge in [-0.25, -0.2) is 0 Å². The Hall–Kier alpha value is -2.09. The van der Waals surface area contributed by atoms with Crippen LogP contribution in [-0.4, -0.2) is 12.9 Å². The fraction of sp³-hybridized carbons (Fsp3) is 0.188. The molecule has 0 amide bonds. The molecule has 2 aromatic carbocycles. The van der Waals surface area contributed by atoms with Crippen molar-refractivity contribution in [3.63, 3.8) is 0 Å². The molecule has 2 rings (SSSR count). The topological polar surface area (TPSA) is 26.3 Å². The number of aldehydes is 1. The molecule has 2 heteroatoms. The molecule has 0 fully saturated rings. The Bertz CT molecular complexity index is 532. The number of carbonyl (C=O) groups excluding carboxylic acids is 1. The zero-order chi connectivity index (χ0) is 12.8. The minimum Gasteiger partial charge on any atom is -0.494 e. The third-order valence-electron chi connectivity index (χ3n) is 2.84. The standard InChI is InChI=1S/C16H16O2/c1-2-18-16-10-6-5-8-14(16)11-13-7-3-4-9-15(13)12-17/h3-10,12H,2,11H2,1H3. The number of ether oxygens (including phenoxy) is 1. The van der Waals surface area contributed by atoms with Gasteiger partial charge in [-0.2, -0.15) is 0 Å². The lowest BCUT2D eigenvalue weighted by atomic mass is 10.00. The normalized spacial score (nSPS) is 10.1. The lowest BCUT2D eigenvalue weighted by molar-refractivity contribution is 0.112. The highest BCUT2D eigenvalue weighted by Crippen LogP contribution is 2.22. The summed E-state index contributed by atoms with van der Waals surface area (Å²) in [5, 5.41) is 0. The fourth-order valence-electron chi connectivity index (χ4n) is 1.96. The van der Waals surface area contributed by atoms with E-state index in [9.17, 15) is 4.79 Å². The molecule has 0 unspecified atom stereocenters. The van der Waals surface area contributed by atoms with E-state index in [-0.39, 0.29) is 0 Å². The van der Waals surface area contributed by atoms with E-state index < -0.39 is 0 Å². The number of carbonyl (C=O) groups is 1. The van der Waals surface area contributed by atoms with Crippen LogP contribution < -0.4 is 4.74 Å². The number of hydrogen-bond donors (Lipinski definition) is 0. The summed E-state index contributed by atoms with van der Waals surface area (Å²) < 4.78 is 5.59. The molecule has 0 spiro atoms. The van der Waals surface area contributed by atoms with E-state index in [1.807, 2.05) is 55.5 Å². The van der Waals surface area contributed by atoms with Gasteiger partial charge in [-0.15, -0.1) is 0 Å². The van der Waals surface area contributed by atoms with E-state index in [1.54, 1.807) is 0 Å². The van der Waals surface area contributed by atoms with Gasteiger partial charge in [-0.1, -0.05) is 42.5 Å². The summed E-state index contributed by atoms with van der Waals surface area (Å²) >= 11 is 0. The molecule has 0 bridgehead atoms. The van der Waals surface area contributed by atoms with Gasteiger partial charge in [0.05, 0.1) is 6.61 Å². The Morgan fingerprint density at radius 3 is 2.39 bits per heavy atom. The summed E-state index contributed by atoms with van der Waals surface area (Å²) in [6.07, 6.45) is 1.61. The first-order valence-electron chi connectivity index (χ1n) is 6.09. The van der Waals surface area contributed by atoms with Crippen LogP contribution in [-0.2, 0) is 6.42 Å². The molecule has 0 aliphatic heterocycles. The highest BCUT2D eigenvalue weighted by Gasteiger charge is 2.06. The van der Waals surface area contributed by atoms with Crippen molar-refractivity contribution in [2.75, 3.05) is 6.61 Å². The number of rotatable bonds is 5. The minimum atomic E-state index is 0.645. The van der Waals surface area contributed by atoms with Crippen molar-refractivity contribution >= 4 is 6.29 Å². The summed E-state index contributed by atoms with van der Waals surface area (Å²) in [7, 11) is 0. The van der Waals surface area contributed by atoms with Crippen LogP contribution >= 0.6 is 0 Å². The summed E-state index contributed by atoms with van der Waals surface area (Å²) in [6.45, 7) is 2.61. The molecule has 92 valence electrons. The van der Waals surface area contributed by atoms with Crippen molar-refractivity contribution in [1.29, 1.82) is 0 Å². The number of benzene rings is 2. The predicted octanol–water partition coefficient (Wildman–Crippen LogP) is 3.49. The van der Waals surface area contributed by atoms with Crippen LogP contribution in [0.5, 0.6) is 5.75 Å². The SMILES string of the molecule is CCOc1ccccc1Cc1ccccc1C=O. The average molecular weight is 240 g/mol. The van der Waals surface area contributed by atoms with Gasteiger partial charge in [0.25, 0.3) is 0 Å². The largest absolute Gasteiger partial charge is 0.494 e. The maximum Gasteiger partial charge on any atom is 0.150 e. The maximum atomic E-state index is 11.0. The van der Waals surface area contributed by atoms with Gasteiger partial charge < -0.3 is 4.74 Å². The van der Waals surface area contributed by atoms with Crippen LogP contribution in [0.4, 0.5) is 0 Å². The van der Waals surface area contributed by atoms with Crippen molar-refractivity contribution in [2.24, 2.45) is 0 Å². The molecule has 0 heterocycles. The number of hydrogen-bond acceptors (Lipinski definition) is 2. The van der Waals surface area contributed by atoms with Crippen molar-refractivity contribution in [2.45, 2.75) is 13.3 Å². The van der Waals surface area contributed by atoms with Gasteiger partial charge in [0.2, 0.25) is 0 Å². The maximum absolute atomic E-state index is 11.0. The van der Waals surface area contributed by atoms with Gasteiger partial charge >= 0.3 is 0 Å². The summed E-state index contributed by atoms with van der Waals surface area (Å²) in [5.74, 6) is 0.890. The Labute approximate surface area is 107 Å². The second kappa shape index (κ2) is 6.01. The molecule has 0 saturated heterocycles. The fourth-order valence-corrected chi connectivity index (χ4v) is 1.96. The van der Waals surface area contributed by atoms with Gasteiger partial charge in [0, 0.05) is 12.0 Å². The summed E-state index contributed by atoms with van der Waals surface area (Å²) in [4.78, 5) is 11.0. The summed E-state index contributed by atoms with van der Waals surface area (Å²) in [5.41, 5.74) is 2.87. The van der Waals surface area contributed by atoms with Crippen molar-refractivity contribution in [3.05, 3.63) is 65.2 Å². The Morgan fingerprint density at radius 1 is 1.00 bits per heavy atom. The van der Waals surface area contributed by atoms with E-state index >= 15 is 0 Å². The van der Waals surface area contributed by atoms with Crippen LogP contribution in [0.1, 0.15) is 28.4 Å². The Kier molecular flexibility index (Phi) is 4.13. The van der Waals surface area contributed by atoms with Crippen molar-refractivity contribution in [1.82, 2.24) is 0 Å². The highest BCUT2D eigenvalue weighted by atomic mass is 16.5. The third-order valence-corrected chi connectivity index (χ3v) is 2.84. The van der Waals surface area contributed by atoms with Crippen LogP contribution in [0, 0.1) is 0 Å². The third kappa shape index (κ3) is 2.77. The first kappa shape index (κ1) is 12.4. The van der Waals surface area contributed by atoms with E-state index in [2.05, 4.69) is 0 Å². The molecule has 0 saturated carbocycles. The van der Waals surface area contributed by atoms with Gasteiger partial charge in [0.15, 0.2) is 0 Å². The second-order valence-electron chi connectivity index (χ2n) is 4.03. The van der Waals surface area contributed by atoms with Crippen LogP contribution in [0.2, 0.25) is 0 Å². The molecule has 18 heavy (non-hydrogen) atoms. The lowest BCUT2D eigenvalue weighted by Gasteiger charge is -2.10. The predicted molar refractivity (Wildman–Crippen MR) is 72.2 cm³/mol. The molecular formula is C16H16O2. The zero-order valence-corrected chi connectivity index (χ0v) is 10.4. The first-order valence-corrected chi connectivity index (χ1v) is 6.09. The molecular weight excluding hydrogens is 224 g/mol. The quantitative estimate of drug-likeness (QED) is 0.748. The lowest BCUT2D eigenvalue weighted by Crippen LogP contribution is -1.99. The highest BCUT2D eigenvalue weighted by molar-refractivity contribution is 5.77. The molecule has 0 aromatic heterocycles. The van der Waals surface area contributed by atoms with Gasteiger partial charge in [0.1, 0.15) is 12.0 Å². The Balaban J connectivity index is 2.31. The molecule has 0 atom stereocenters. The number of para-hydroxylation sites is 1. The van der Waals surface area contributed by atoms with E-state index in [4.69, 9.17) is 4.74 Å². The Morgan fingerprint density at radius 2 is 1.67 bits per heavy atom. The van der Waals surface area contributed by atoms with Crippen molar-refractivity contribution in [3.8, 4) is 5.75 Å². The minimum absolute atomic E-state index is 0.645. The first-order chi connectivity index (χ1) is 8.85. The molecule has 0 radical (unpaired) electrons. The molecule has 2 nitrogen and oxygen atoms in total. The zero-order valence-electron chi connectivity index (χ0n) is 10.4. The molecule has 2 aromatic rings. The smallest absolute Gasteiger partial charge is 0.150 e. The van der Waals surface area contributed by atoms with Crippen molar-refractivity contribution < 1.29 is 9.53 Å². The van der Waals surface area contributed by atoms with Crippen LogP contribution in [0.25, 0.3) is 0 Å². The summed E-state index contributed by atoms with van der Waals surface area (Å²) in [6, 6.07) is 15.6. The van der Waals surface area contributed by atoms with E-state index in [0.29, 0.717) is 13.0 Å². The average Bonchev–Trinajstić information content (AvgIpc) is 2.42. The molecule has 0 aliphatic carbocycles. The van der Waals surface area contributed by atoms with E-state index in [1.165, 1.54) is 0 Å². The van der Waals surface area contributed by atoms with E-state index in [0.717, 1.165) is 28.7 Å². The molecule has 0 aliphatic rings.